The summed E-state index contributed by atoms with van der Waals surface area (Å²) in [4.78, 5) is 63.3. The van der Waals surface area contributed by atoms with Crippen LogP contribution in [0.15, 0.2) is 47.1 Å². The molecular formula is C27H28N6O7. The van der Waals surface area contributed by atoms with E-state index in [1.807, 2.05) is 7.05 Å². The number of nitrogens with one attached hydrogen (secondary N) is 1. The molecular weight excluding hydrogens is 520 g/mol. The van der Waals surface area contributed by atoms with Gasteiger partial charge in [-0.3, -0.25) is 14.6 Å². The molecule has 0 unspecified atom stereocenters. The first kappa shape index (κ1) is 25.6. The molecule has 6 rings (SSSR count). The number of ether oxygens (including phenoxy) is 2. The van der Waals surface area contributed by atoms with Crippen LogP contribution < -0.4 is 10.1 Å². The van der Waals surface area contributed by atoms with Gasteiger partial charge in [0.1, 0.15) is 17.1 Å². The van der Waals surface area contributed by atoms with Crippen molar-refractivity contribution in [3.63, 3.8) is 0 Å². The molecule has 0 aliphatic carbocycles. The number of fused-ring (bicyclic) bond motifs is 2. The Bertz CT molecular complexity index is 1480. The first-order valence-corrected chi connectivity index (χ1v) is 12.8. The van der Waals surface area contributed by atoms with Gasteiger partial charge in [-0.25, -0.2) is 14.5 Å². The van der Waals surface area contributed by atoms with Crippen LogP contribution in [0.3, 0.4) is 0 Å². The molecule has 1 N–H and O–H groups in total. The van der Waals surface area contributed by atoms with Crippen LogP contribution in [-0.2, 0) is 21.6 Å². The maximum atomic E-state index is 14.0. The molecule has 3 aliphatic rings. The number of amides is 5. The molecule has 5 amide bonds. The van der Waals surface area contributed by atoms with Crippen molar-refractivity contribution in [1.82, 2.24) is 29.9 Å². The molecule has 2 saturated heterocycles. The second-order valence-corrected chi connectivity index (χ2v) is 10.1. The smallest absolute Gasteiger partial charge is 0.411 e. The summed E-state index contributed by atoms with van der Waals surface area (Å²) >= 11 is 0. The van der Waals surface area contributed by atoms with Crippen LogP contribution in [-0.4, -0.2) is 102 Å². The average Bonchev–Trinajstić information content (AvgIpc) is 3.60. The number of hydrogen-bond acceptors (Lipinski definition) is 9. The van der Waals surface area contributed by atoms with Crippen molar-refractivity contribution in [2.75, 3.05) is 53.6 Å². The SMILES string of the molecule is COc1ccc2c(c1)C(=O)N(C[C@@]1(c3cc4cnccc4o3)NC(=O)N(COC(=O)N3CCN(C)CC3)C1=O)C2. The zero-order valence-electron chi connectivity index (χ0n) is 22.1. The minimum Gasteiger partial charge on any atom is -0.497 e. The number of furan rings is 1. The number of benzene rings is 1. The molecule has 3 aliphatic heterocycles. The Balaban J connectivity index is 1.28. The lowest BCUT2D eigenvalue weighted by molar-refractivity contribution is -0.135. The predicted molar refractivity (Wildman–Crippen MR) is 139 cm³/mol. The summed E-state index contributed by atoms with van der Waals surface area (Å²) in [6.07, 6.45) is 2.52. The van der Waals surface area contributed by atoms with Crippen molar-refractivity contribution in [2.24, 2.45) is 0 Å². The summed E-state index contributed by atoms with van der Waals surface area (Å²) in [5.74, 6) is -0.333. The van der Waals surface area contributed by atoms with Crippen LogP contribution in [0.1, 0.15) is 21.7 Å². The van der Waals surface area contributed by atoms with E-state index in [-0.39, 0.29) is 24.8 Å². The summed E-state index contributed by atoms with van der Waals surface area (Å²) in [6.45, 7) is 1.79. The normalized spacial score (nSPS) is 21.2. The predicted octanol–water partition coefficient (Wildman–Crippen LogP) is 1.58. The molecule has 1 aromatic carbocycles. The van der Waals surface area contributed by atoms with Crippen molar-refractivity contribution in [3.8, 4) is 5.75 Å². The van der Waals surface area contributed by atoms with Gasteiger partial charge >= 0.3 is 12.1 Å². The van der Waals surface area contributed by atoms with E-state index in [9.17, 15) is 19.2 Å². The Morgan fingerprint density at radius 2 is 1.93 bits per heavy atom. The van der Waals surface area contributed by atoms with E-state index in [1.54, 1.807) is 42.7 Å². The Hall–Kier alpha value is -4.65. The van der Waals surface area contributed by atoms with Gasteiger partial charge in [-0.2, -0.15) is 0 Å². The Morgan fingerprint density at radius 1 is 1.12 bits per heavy atom. The van der Waals surface area contributed by atoms with Gasteiger partial charge in [0.2, 0.25) is 0 Å². The van der Waals surface area contributed by atoms with Crippen molar-refractivity contribution in [3.05, 3.63) is 59.6 Å². The van der Waals surface area contributed by atoms with E-state index in [1.165, 1.54) is 16.9 Å². The minimum absolute atomic E-state index is 0.142. The summed E-state index contributed by atoms with van der Waals surface area (Å²) in [7, 11) is 3.48. The summed E-state index contributed by atoms with van der Waals surface area (Å²) in [5.41, 5.74) is -0.0623. The van der Waals surface area contributed by atoms with Crippen LogP contribution in [0.2, 0.25) is 0 Å². The number of hydrogen-bond donors (Lipinski definition) is 1. The van der Waals surface area contributed by atoms with E-state index >= 15 is 0 Å². The molecule has 13 nitrogen and oxygen atoms in total. The van der Waals surface area contributed by atoms with Crippen molar-refractivity contribution in [1.29, 1.82) is 0 Å². The third-order valence-electron chi connectivity index (χ3n) is 7.62. The average molecular weight is 549 g/mol. The number of piperazine rings is 1. The number of imide groups is 1. The summed E-state index contributed by atoms with van der Waals surface area (Å²) in [6, 6.07) is 7.71. The number of urea groups is 1. The number of aromatic nitrogens is 1. The Kier molecular flexibility index (Phi) is 6.29. The number of rotatable bonds is 6. The fourth-order valence-electron chi connectivity index (χ4n) is 5.27. The van der Waals surface area contributed by atoms with Crippen molar-refractivity contribution < 1.29 is 33.1 Å². The highest BCUT2D eigenvalue weighted by atomic mass is 16.6. The number of likely N-dealkylation sites (N-methyl/N-ethyl adjacent to an activating group) is 1. The quantitative estimate of drug-likeness (QED) is 0.455. The third-order valence-corrected chi connectivity index (χ3v) is 7.62. The molecule has 2 aromatic heterocycles. The van der Waals surface area contributed by atoms with Gasteiger partial charge < -0.3 is 33.9 Å². The van der Waals surface area contributed by atoms with E-state index < -0.39 is 30.3 Å². The van der Waals surface area contributed by atoms with E-state index in [0.29, 0.717) is 48.5 Å². The van der Waals surface area contributed by atoms with E-state index in [2.05, 4.69) is 15.2 Å². The van der Waals surface area contributed by atoms with Gasteiger partial charge in [0, 0.05) is 56.1 Å². The highest BCUT2D eigenvalue weighted by Gasteiger charge is 2.57. The molecule has 5 heterocycles. The van der Waals surface area contributed by atoms with E-state index in [0.717, 1.165) is 10.5 Å². The van der Waals surface area contributed by atoms with Crippen LogP contribution in [0.25, 0.3) is 11.0 Å². The maximum Gasteiger partial charge on any atom is 0.411 e. The van der Waals surface area contributed by atoms with Crippen molar-refractivity contribution in [2.45, 2.75) is 12.1 Å². The molecule has 208 valence electrons. The fourth-order valence-corrected chi connectivity index (χ4v) is 5.27. The topological polar surface area (TPSA) is 138 Å². The Morgan fingerprint density at radius 3 is 2.67 bits per heavy atom. The number of nitrogens with zero attached hydrogens (tertiary/aromatic N) is 5. The lowest BCUT2D eigenvalue weighted by Crippen LogP contribution is -2.53. The number of methoxy groups -OCH3 is 1. The number of pyridine rings is 1. The second-order valence-electron chi connectivity index (χ2n) is 10.1. The van der Waals surface area contributed by atoms with Gasteiger partial charge in [0.05, 0.1) is 13.7 Å². The first-order valence-electron chi connectivity index (χ1n) is 12.8. The minimum atomic E-state index is -1.75. The van der Waals surface area contributed by atoms with Crippen molar-refractivity contribution >= 4 is 34.9 Å². The monoisotopic (exact) mass is 548 g/mol. The standard InChI is InChI=1S/C27H28N6O7/c1-30-7-9-31(10-8-30)26(37)39-16-33-24(35)27(29-25(33)36,22-11-18-13-28-6-5-21(18)40-22)15-32-14-17-3-4-19(38-2)12-20(17)23(32)34/h3-6,11-13H,7-10,14-16H2,1-2H3,(H,29,36)/t27-/m0/s1. The van der Waals surface area contributed by atoms with Crippen LogP contribution in [0.4, 0.5) is 9.59 Å². The lowest BCUT2D eigenvalue weighted by Gasteiger charge is -2.32. The Labute approximate surface area is 229 Å². The van der Waals surface area contributed by atoms with Crippen LogP contribution >= 0.6 is 0 Å². The molecule has 1 atom stereocenters. The van der Waals surface area contributed by atoms with Gasteiger partial charge in [-0.1, -0.05) is 6.07 Å². The zero-order chi connectivity index (χ0) is 28.0. The number of carbonyl (C=O) groups is 4. The molecule has 0 radical (unpaired) electrons. The van der Waals surface area contributed by atoms with Gasteiger partial charge in [-0.15, -0.1) is 0 Å². The molecule has 3 aromatic rings. The lowest BCUT2D eigenvalue weighted by atomic mass is 9.95. The molecule has 0 spiro atoms. The first-order chi connectivity index (χ1) is 19.3. The third kappa shape index (κ3) is 4.28. The highest BCUT2D eigenvalue weighted by molar-refractivity contribution is 6.08. The van der Waals surface area contributed by atoms with Gasteiger partial charge in [0.25, 0.3) is 11.8 Å². The van der Waals surface area contributed by atoms with Gasteiger partial charge in [-0.05, 0) is 36.9 Å². The zero-order valence-corrected chi connectivity index (χ0v) is 22.1. The molecule has 0 bridgehead atoms. The summed E-state index contributed by atoms with van der Waals surface area (Å²) in [5, 5.41) is 3.37. The fraction of sp³-hybridized carbons (Fsp3) is 0.370. The van der Waals surface area contributed by atoms with E-state index in [4.69, 9.17) is 13.9 Å². The molecule has 2 fully saturated rings. The largest absolute Gasteiger partial charge is 0.497 e. The van der Waals surface area contributed by atoms with Crippen LogP contribution in [0, 0.1) is 0 Å². The second kappa shape index (κ2) is 9.83. The molecule has 40 heavy (non-hydrogen) atoms. The molecule has 0 saturated carbocycles. The number of carbonyl (C=O) groups excluding carboxylic acids is 4. The summed E-state index contributed by atoms with van der Waals surface area (Å²) < 4.78 is 16.7. The highest BCUT2D eigenvalue weighted by Crippen LogP contribution is 2.37. The maximum absolute atomic E-state index is 14.0. The van der Waals surface area contributed by atoms with Crippen LogP contribution in [0.5, 0.6) is 5.75 Å². The van der Waals surface area contributed by atoms with Gasteiger partial charge in [0.15, 0.2) is 12.3 Å². The molecule has 13 heteroatoms.